The molecule has 0 unspecified atom stereocenters. The molecule has 7 heteroatoms. The molecular formula is C14H16Cl2N2O2S. The minimum Gasteiger partial charge on any atom is -0.242 e. The van der Waals surface area contributed by atoms with Gasteiger partial charge in [-0.1, -0.05) is 43.1 Å². The van der Waals surface area contributed by atoms with E-state index in [0.717, 1.165) is 0 Å². The predicted molar refractivity (Wildman–Crippen MR) is 86.4 cm³/mol. The number of rotatable bonds is 4. The third-order valence-corrected chi connectivity index (χ3v) is 5.57. The van der Waals surface area contributed by atoms with Crippen LogP contribution in [0.15, 0.2) is 29.3 Å². The summed E-state index contributed by atoms with van der Waals surface area (Å²) in [6, 6.07) is 4.48. The molecule has 21 heavy (non-hydrogen) atoms. The Kier molecular flexibility index (Phi) is 4.78. The predicted octanol–water partition coefficient (Wildman–Crippen LogP) is 3.86. The van der Waals surface area contributed by atoms with Crippen molar-refractivity contribution in [3.63, 3.8) is 0 Å². The molecule has 0 fully saturated rings. The van der Waals surface area contributed by atoms with Gasteiger partial charge in [0.05, 0.1) is 9.92 Å². The number of benzene rings is 1. The number of nitrogens with zero attached hydrogens (tertiary/aromatic N) is 1. The van der Waals surface area contributed by atoms with Crippen LogP contribution in [-0.4, -0.2) is 19.4 Å². The normalized spacial score (nSPS) is 13.8. The largest absolute Gasteiger partial charge is 0.242 e. The van der Waals surface area contributed by atoms with Crippen LogP contribution < -0.4 is 4.72 Å². The van der Waals surface area contributed by atoms with Crippen molar-refractivity contribution in [2.24, 2.45) is 5.92 Å². The van der Waals surface area contributed by atoms with Gasteiger partial charge in [0.1, 0.15) is 5.15 Å². The second-order valence-corrected chi connectivity index (χ2v) is 7.74. The number of nitrogens with one attached hydrogen (secondary N) is 1. The second kappa shape index (κ2) is 6.08. The SMILES string of the molecule is CC(C)[C@H](C)NS(=O)(=O)c1ccc2c(Cl)cnc(Cl)c2c1. The fourth-order valence-electron chi connectivity index (χ4n) is 1.77. The summed E-state index contributed by atoms with van der Waals surface area (Å²) in [4.78, 5) is 4.08. The Bertz CT molecular complexity index is 776. The Hall–Kier alpha value is -0.880. The highest BCUT2D eigenvalue weighted by Gasteiger charge is 2.20. The number of sulfonamides is 1. The molecule has 114 valence electrons. The molecule has 0 aliphatic carbocycles. The molecule has 1 aromatic carbocycles. The first kappa shape index (κ1) is 16.5. The van der Waals surface area contributed by atoms with Crippen LogP contribution in [0.3, 0.4) is 0 Å². The summed E-state index contributed by atoms with van der Waals surface area (Å²) in [5.41, 5.74) is 0. The zero-order chi connectivity index (χ0) is 15.8. The first-order valence-electron chi connectivity index (χ1n) is 6.48. The van der Waals surface area contributed by atoms with E-state index >= 15 is 0 Å². The third kappa shape index (κ3) is 3.48. The molecule has 0 amide bonds. The van der Waals surface area contributed by atoms with Crippen molar-refractivity contribution in [2.75, 3.05) is 0 Å². The van der Waals surface area contributed by atoms with Crippen molar-refractivity contribution in [3.8, 4) is 0 Å². The second-order valence-electron chi connectivity index (χ2n) is 5.26. The lowest BCUT2D eigenvalue weighted by molar-refractivity contribution is 0.476. The van der Waals surface area contributed by atoms with Crippen molar-refractivity contribution in [1.82, 2.24) is 9.71 Å². The fraction of sp³-hybridized carbons (Fsp3) is 0.357. The fourth-order valence-corrected chi connectivity index (χ4v) is 3.61. The molecule has 0 spiro atoms. The average molecular weight is 347 g/mol. The van der Waals surface area contributed by atoms with Crippen LogP contribution >= 0.6 is 23.2 Å². The van der Waals surface area contributed by atoms with Crippen molar-refractivity contribution >= 4 is 44.0 Å². The number of halogens is 2. The summed E-state index contributed by atoms with van der Waals surface area (Å²) in [5, 5.41) is 1.85. The summed E-state index contributed by atoms with van der Waals surface area (Å²) in [5.74, 6) is 0.194. The van der Waals surface area contributed by atoms with Crippen molar-refractivity contribution < 1.29 is 8.42 Å². The zero-order valence-electron chi connectivity index (χ0n) is 11.9. The maximum absolute atomic E-state index is 12.4. The number of aromatic nitrogens is 1. The van der Waals surface area contributed by atoms with E-state index < -0.39 is 10.0 Å². The lowest BCUT2D eigenvalue weighted by atomic mass is 10.1. The number of pyridine rings is 1. The van der Waals surface area contributed by atoms with Gasteiger partial charge in [-0.15, -0.1) is 0 Å². The lowest BCUT2D eigenvalue weighted by Gasteiger charge is -2.17. The van der Waals surface area contributed by atoms with Crippen molar-refractivity contribution in [1.29, 1.82) is 0 Å². The van der Waals surface area contributed by atoms with Crippen molar-refractivity contribution in [2.45, 2.75) is 31.7 Å². The van der Waals surface area contributed by atoms with E-state index in [1.54, 1.807) is 6.07 Å². The minimum absolute atomic E-state index is 0.147. The molecule has 2 aromatic rings. The first-order chi connectivity index (χ1) is 9.72. The van der Waals surface area contributed by atoms with Gasteiger partial charge in [-0.2, -0.15) is 0 Å². The van der Waals surface area contributed by atoms with E-state index in [9.17, 15) is 8.42 Å². The monoisotopic (exact) mass is 346 g/mol. The first-order valence-corrected chi connectivity index (χ1v) is 8.72. The van der Waals surface area contributed by atoms with Crippen molar-refractivity contribution in [3.05, 3.63) is 34.6 Å². The van der Waals surface area contributed by atoms with Crippen LogP contribution in [-0.2, 0) is 10.0 Å². The van der Waals surface area contributed by atoms with Crippen LogP contribution in [0.1, 0.15) is 20.8 Å². The third-order valence-electron chi connectivity index (χ3n) is 3.41. The number of fused-ring (bicyclic) bond motifs is 1. The number of hydrogen-bond donors (Lipinski definition) is 1. The molecule has 0 saturated carbocycles. The molecule has 0 radical (unpaired) electrons. The molecule has 1 N–H and O–H groups in total. The Morgan fingerprint density at radius 3 is 2.43 bits per heavy atom. The quantitative estimate of drug-likeness (QED) is 0.855. The minimum atomic E-state index is -3.61. The van der Waals surface area contributed by atoms with E-state index in [4.69, 9.17) is 23.2 Å². The summed E-state index contributed by atoms with van der Waals surface area (Å²) in [7, 11) is -3.61. The van der Waals surface area contributed by atoms with Gasteiger partial charge in [0.25, 0.3) is 0 Å². The molecular weight excluding hydrogens is 331 g/mol. The Morgan fingerprint density at radius 1 is 1.14 bits per heavy atom. The Balaban J connectivity index is 2.50. The molecule has 0 saturated heterocycles. The van der Waals surface area contributed by atoms with Gasteiger partial charge >= 0.3 is 0 Å². The zero-order valence-corrected chi connectivity index (χ0v) is 14.2. The van der Waals surface area contributed by atoms with Gasteiger partial charge in [0, 0.05) is 23.0 Å². The average Bonchev–Trinajstić information content (AvgIpc) is 2.42. The molecule has 1 heterocycles. The smallest absolute Gasteiger partial charge is 0.240 e. The summed E-state index contributed by atoms with van der Waals surface area (Å²) in [6.07, 6.45) is 1.44. The van der Waals surface area contributed by atoms with E-state index in [1.165, 1.54) is 18.3 Å². The molecule has 4 nitrogen and oxygen atoms in total. The van der Waals surface area contributed by atoms with Crippen LogP contribution in [0, 0.1) is 5.92 Å². The maximum Gasteiger partial charge on any atom is 0.240 e. The summed E-state index contributed by atoms with van der Waals surface area (Å²) in [6.45, 7) is 5.73. The molecule has 1 atom stereocenters. The Labute approximate surface area is 134 Å². The number of hydrogen-bond acceptors (Lipinski definition) is 3. The van der Waals surface area contributed by atoms with E-state index in [0.29, 0.717) is 15.8 Å². The highest BCUT2D eigenvalue weighted by molar-refractivity contribution is 7.89. The lowest BCUT2D eigenvalue weighted by Crippen LogP contribution is -2.36. The van der Waals surface area contributed by atoms with E-state index in [-0.39, 0.29) is 22.0 Å². The maximum atomic E-state index is 12.4. The summed E-state index contributed by atoms with van der Waals surface area (Å²) < 4.78 is 27.4. The molecule has 0 aliphatic rings. The van der Waals surface area contributed by atoms with Gasteiger partial charge in [-0.25, -0.2) is 18.1 Å². The van der Waals surface area contributed by atoms with E-state index in [2.05, 4.69) is 9.71 Å². The van der Waals surface area contributed by atoms with Crippen LogP contribution in [0.2, 0.25) is 10.2 Å². The molecule has 0 aliphatic heterocycles. The topological polar surface area (TPSA) is 59.1 Å². The van der Waals surface area contributed by atoms with Gasteiger partial charge in [-0.3, -0.25) is 0 Å². The Morgan fingerprint density at radius 2 is 1.81 bits per heavy atom. The van der Waals surface area contributed by atoms with Crippen LogP contribution in [0.5, 0.6) is 0 Å². The van der Waals surface area contributed by atoms with Gasteiger partial charge in [0.2, 0.25) is 10.0 Å². The summed E-state index contributed by atoms with van der Waals surface area (Å²) >= 11 is 12.1. The molecule has 2 rings (SSSR count). The highest BCUT2D eigenvalue weighted by atomic mass is 35.5. The van der Waals surface area contributed by atoms with Gasteiger partial charge in [-0.05, 0) is 25.0 Å². The van der Waals surface area contributed by atoms with Gasteiger partial charge < -0.3 is 0 Å². The molecule has 1 aromatic heterocycles. The highest BCUT2D eigenvalue weighted by Crippen LogP contribution is 2.29. The van der Waals surface area contributed by atoms with E-state index in [1.807, 2.05) is 20.8 Å². The van der Waals surface area contributed by atoms with Crippen LogP contribution in [0.4, 0.5) is 0 Å². The van der Waals surface area contributed by atoms with Gasteiger partial charge in [0.15, 0.2) is 0 Å². The molecule has 0 bridgehead atoms. The standard InChI is InChI=1S/C14H16Cl2N2O2S/c1-8(2)9(3)18-21(19,20)10-4-5-11-12(6-10)14(16)17-7-13(11)15/h4-9,18H,1-3H3/t9-/m0/s1. The van der Waals surface area contributed by atoms with Crippen LogP contribution in [0.25, 0.3) is 10.8 Å².